The molecule has 0 amide bonds. The van der Waals surface area contributed by atoms with Crippen LogP contribution in [-0.4, -0.2) is 32.8 Å². The lowest BCUT2D eigenvalue weighted by atomic mass is 10.2. The number of hydrogen-bond donors (Lipinski definition) is 3. The van der Waals surface area contributed by atoms with Gasteiger partial charge in [-0.05, 0) is 36.2 Å². The maximum atomic E-state index is 10.2. The minimum Gasteiger partial charge on any atom is -0.504 e. The molecule has 3 aromatic carbocycles. The van der Waals surface area contributed by atoms with Gasteiger partial charge in [0.05, 0.1) is 6.21 Å². The highest BCUT2D eigenvalue weighted by molar-refractivity contribution is 7.07. The number of fused-ring (bicyclic) bond motifs is 1. The minimum absolute atomic E-state index is 0.250. The summed E-state index contributed by atoms with van der Waals surface area (Å²) in [6.07, 6.45) is 2.19. The van der Waals surface area contributed by atoms with Gasteiger partial charge in [0.25, 0.3) is 0 Å². The largest absolute Gasteiger partial charge is 0.504 e. The molecule has 0 aliphatic heterocycles. The first-order valence-electron chi connectivity index (χ1n) is 10.6. The van der Waals surface area contributed by atoms with Crippen molar-refractivity contribution < 1.29 is 19.7 Å². The van der Waals surface area contributed by atoms with E-state index in [1.54, 1.807) is 4.68 Å². The zero-order chi connectivity index (χ0) is 23.5. The Hall–Kier alpha value is -4.30. The van der Waals surface area contributed by atoms with Gasteiger partial charge in [0, 0.05) is 22.9 Å². The van der Waals surface area contributed by atoms with Gasteiger partial charge in [0.2, 0.25) is 10.6 Å². The van der Waals surface area contributed by atoms with E-state index in [9.17, 15) is 15.3 Å². The maximum Gasteiger partial charge on any atom is 0.206 e. The number of para-hydroxylation sites is 1. The molecule has 0 spiro atoms. The average molecular weight is 472 g/mol. The molecular weight excluding hydrogens is 450 g/mol. The zero-order valence-corrected chi connectivity index (χ0v) is 18.8. The molecule has 0 radical (unpaired) electrons. The van der Waals surface area contributed by atoms with Gasteiger partial charge in [-0.15, -0.1) is 11.3 Å². The Bertz CT molecular complexity index is 1510. The number of aromatic nitrogens is 1. The Morgan fingerprint density at radius 2 is 1.71 bits per heavy atom. The Morgan fingerprint density at radius 1 is 0.912 bits per heavy atom. The first-order chi connectivity index (χ1) is 16.6. The number of rotatable bonds is 6. The summed E-state index contributed by atoms with van der Waals surface area (Å²) in [5, 5.41) is 37.0. The van der Waals surface area contributed by atoms with E-state index >= 15 is 0 Å². The molecule has 0 aliphatic carbocycles. The van der Waals surface area contributed by atoms with Gasteiger partial charge in [-0.1, -0.05) is 48.5 Å². The highest BCUT2D eigenvalue weighted by atomic mass is 32.1. The van der Waals surface area contributed by atoms with Crippen LogP contribution in [0.2, 0.25) is 0 Å². The third kappa shape index (κ3) is 4.31. The molecule has 0 bridgehead atoms. The van der Waals surface area contributed by atoms with Crippen LogP contribution in [0.25, 0.3) is 22.4 Å². The van der Waals surface area contributed by atoms with Crippen LogP contribution >= 0.6 is 11.3 Å². The van der Waals surface area contributed by atoms with Crippen molar-refractivity contribution in [2.24, 2.45) is 10.1 Å². The zero-order valence-electron chi connectivity index (χ0n) is 18.0. The fraction of sp³-hybridized carbons (Fsp3) is 0.0769. The summed E-state index contributed by atoms with van der Waals surface area (Å²) in [5.41, 5.74) is 2.92. The van der Waals surface area contributed by atoms with Gasteiger partial charge in [-0.2, -0.15) is 5.10 Å². The number of thiazole rings is 1. The van der Waals surface area contributed by atoms with Crippen molar-refractivity contribution in [1.29, 1.82) is 0 Å². The summed E-state index contributed by atoms with van der Waals surface area (Å²) in [4.78, 5) is 5.40. The minimum atomic E-state index is -0.593. The van der Waals surface area contributed by atoms with Crippen molar-refractivity contribution in [3.8, 4) is 28.7 Å². The average Bonchev–Trinajstić information content (AvgIpc) is 3.47. The summed E-state index contributed by atoms with van der Waals surface area (Å²) in [7, 11) is 0. The lowest BCUT2D eigenvalue weighted by Gasteiger charge is -2.04. The molecule has 34 heavy (non-hydrogen) atoms. The van der Waals surface area contributed by atoms with E-state index in [0.717, 1.165) is 17.4 Å². The monoisotopic (exact) mass is 471 g/mol. The summed E-state index contributed by atoms with van der Waals surface area (Å²) >= 11 is 1.43. The molecule has 2 heterocycles. The third-order valence-electron chi connectivity index (χ3n) is 5.33. The SMILES string of the molecule is Oc1ccc(C=Nn2c(-c3cc4ccccc4o3)csc2=NCCc2ccccc2)c(O)c1O. The van der Waals surface area contributed by atoms with Crippen LogP contribution in [0.5, 0.6) is 17.2 Å². The van der Waals surface area contributed by atoms with Crippen molar-refractivity contribution in [3.05, 3.63) is 94.1 Å². The van der Waals surface area contributed by atoms with Crippen LogP contribution in [0.1, 0.15) is 11.1 Å². The second kappa shape index (κ2) is 9.29. The molecular formula is C26H21N3O4S. The predicted octanol–water partition coefficient (Wildman–Crippen LogP) is 5.11. The fourth-order valence-corrected chi connectivity index (χ4v) is 4.38. The topological polar surface area (TPSA) is 103 Å². The molecule has 0 fully saturated rings. The van der Waals surface area contributed by atoms with Crippen LogP contribution < -0.4 is 4.80 Å². The van der Waals surface area contributed by atoms with Crippen LogP contribution in [0, 0.1) is 0 Å². The standard InChI is InChI=1S/C26H21N3O4S/c30-21-11-10-19(24(31)25(21)32)15-28-29-20(23-14-18-8-4-5-9-22(18)33-23)16-34-26(29)27-13-12-17-6-2-1-3-7-17/h1-11,14-16,30-32H,12-13H2. The van der Waals surface area contributed by atoms with Crippen LogP contribution in [0.15, 0.2) is 92.7 Å². The van der Waals surface area contributed by atoms with Crippen molar-refractivity contribution in [3.63, 3.8) is 0 Å². The summed E-state index contributed by atoms with van der Waals surface area (Å²) < 4.78 is 7.69. The normalized spacial score (nSPS) is 12.2. The Labute approximate surface area is 198 Å². The van der Waals surface area contributed by atoms with Gasteiger partial charge in [-0.3, -0.25) is 4.99 Å². The number of nitrogens with zero attached hydrogens (tertiary/aromatic N) is 3. The summed E-state index contributed by atoms with van der Waals surface area (Å²) in [5.74, 6) is -0.814. The predicted molar refractivity (Wildman–Crippen MR) is 133 cm³/mol. The van der Waals surface area contributed by atoms with E-state index < -0.39 is 17.2 Å². The van der Waals surface area contributed by atoms with Gasteiger partial charge in [-0.25, -0.2) is 4.68 Å². The second-order valence-corrected chi connectivity index (χ2v) is 8.43. The molecule has 8 heteroatoms. The number of phenols is 3. The highest BCUT2D eigenvalue weighted by Crippen LogP contribution is 2.36. The van der Waals surface area contributed by atoms with E-state index in [0.29, 0.717) is 22.8 Å². The molecule has 0 unspecified atom stereocenters. The fourth-order valence-electron chi connectivity index (χ4n) is 3.53. The van der Waals surface area contributed by atoms with Crippen molar-refractivity contribution >= 4 is 28.5 Å². The van der Waals surface area contributed by atoms with E-state index in [-0.39, 0.29) is 5.56 Å². The molecule has 0 saturated heterocycles. The molecule has 3 N–H and O–H groups in total. The Balaban J connectivity index is 1.55. The van der Waals surface area contributed by atoms with Crippen LogP contribution in [0.4, 0.5) is 0 Å². The second-order valence-electron chi connectivity index (χ2n) is 7.60. The van der Waals surface area contributed by atoms with E-state index in [2.05, 4.69) is 17.2 Å². The molecule has 0 atom stereocenters. The van der Waals surface area contributed by atoms with Gasteiger partial charge < -0.3 is 19.7 Å². The lowest BCUT2D eigenvalue weighted by molar-refractivity contribution is 0.367. The number of hydrogen-bond acceptors (Lipinski definition) is 7. The van der Waals surface area contributed by atoms with Crippen molar-refractivity contribution in [1.82, 2.24) is 4.68 Å². The Morgan fingerprint density at radius 3 is 2.53 bits per heavy atom. The van der Waals surface area contributed by atoms with Crippen LogP contribution in [0.3, 0.4) is 0 Å². The van der Waals surface area contributed by atoms with E-state index in [1.165, 1.54) is 35.2 Å². The van der Waals surface area contributed by atoms with Crippen LogP contribution in [-0.2, 0) is 6.42 Å². The van der Waals surface area contributed by atoms with Gasteiger partial charge in [0.15, 0.2) is 17.3 Å². The summed E-state index contributed by atoms with van der Waals surface area (Å²) in [6, 6.07) is 22.6. The van der Waals surface area contributed by atoms with Gasteiger partial charge in [0.1, 0.15) is 11.3 Å². The molecule has 5 aromatic rings. The highest BCUT2D eigenvalue weighted by Gasteiger charge is 2.14. The number of benzene rings is 3. The van der Waals surface area contributed by atoms with E-state index in [1.807, 2.05) is 53.9 Å². The molecule has 0 aliphatic rings. The molecule has 0 saturated carbocycles. The first kappa shape index (κ1) is 21.5. The molecule has 2 aromatic heterocycles. The molecule has 7 nitrogen and oxygen atoms in total. The number of phenolic OH excluding ortho intramolecular Hbond substituents is 3. The smallest absolute Gasteiger partial charge is 0.206 e. The molecule has 5 rings (SSSR count). The first-order valence-corrected chi connectivity index (χ1v) is 11.5. The maximum absolute atomic E-state index is 10.2. The quantitative estimate of drug-likeness (QED) is 0.237. The van der Waals surface area contributed by atoms with Crippen molar-refractivity contribution in [2.75, 3.05) is 6.54 Å². The number of aromatic hydroxyl groups is 3. The molecule has 170 valence electrons. The lowest BCUT2D eigenvalue weighted by Crippen LogP contribution is -2.13. The Kier molecular flexibility index (Phi) is 5.88. The number of furan rings is 1. The van der Waals surface area contributed by atoms with E-state index in [4.69, 9.17) is 9.41 Å². The third-order valence-corrected chi connectivity index (χ3v) is 6.18. The van der Waals surface area contributed by atoms with Crippen molar-refractivity contribution in [2.45, 2.75) is 6.42 Å². The summed E-state index contributed by atoms with van der Waals surface area (Å²) in [6.45, 7) is 0.574. The van der Waals surface area contributed by atoms with Gasteiger partial charge >= 0.3 is 0 Å².